The molecule has 0 saturated carbocycles. The van der Waals surface area contributed by atoms with Crippen molar-refractivity contribution in [2.75, 3.05) is 37.9 Å². The van der Waals surface area contributed by atoms with Gasteiger partial charge in [0.2, 0.25) is 0 Å². The van der Waals surface area contributed by atoms with Crippen LogP contribution in [0.2, 0.25) is 0 Å². The number of hydrogen-bond donors (Lipinski definition) is 2. The van der Waals surface area contributed by atoms with E-state index >= 15 is 0 Å². The lowest BCUT2D eigenvalue weighted by Gasteiger charge is -2.31. The molecule has 7 nitrogen and oxygen atoms in total. The molecule has 1 aromatic carbocycles. The number of piperidine rings is 1. The first kappa shape index (κ1) is 17.2. The molecule has 0 amide bonds. The molecule has 0 bridgehead atoms. The van der Waals surface area contributed by atoms with Gasteiger partial charge in [-0.25, -0.2) is 14.8 Å². The summed E-state index contributed by atoms with van der Waals surface area (Å²) in [6, 6.07) is 9.82. The minimum atomic E-state index is -0.467. The van der Waals surface area contributed by atoms with Gasteiger partial charge in [-0.05, 0) is 38.6 Å². The molecule has 1 unspecified atom stereocenters. The normalized spacial score (nSPS) is 17.8. The van der Waals surface area contributed by atoms with Crippen LogP contribution in [0.3, 0.4) is 0 Å². The average molecular weight is 341 g/mol. The number of carbonyl (C=O) groups excluding carboxylic acids is 1. The molecular weight excluding hydrogens is 318 g/mol. The van der Waals surface area contributed by atoms with Crippen LogP contribution in [0.25, 0.3) is 0 Å². The molecule has 2 heterocycles. The first-order valence-corrected chi connectivity index (χ1v) is 8.38. The Bertz CT molecular complexity index is 723. The fraction of sp³-hybridized carbons (Fsp3) is 0.389. The van der Waals surface area contributed by atoms with Crippen molar-refractivity contribution in [1.82, 2.24) is 14.9 Å². The Morgan fingerprint density at radius 1 is 1.24 bits per heavy atom. The van der Waals surface area contributed by atoms with Gasteiger partial charge in [-0.2, -0.15) is 0 Å². The maximum atomic E-state index is 12.4. The van der Waals surface area contributed by atoms with Gasteiger partial charge in [-0.15, -0.1) is 0 Å². The smallest absolute Gasteiger partial charge is 0.345 e. The van der Waals surface area contributed by atoms with Gasteiger partial charge in [-0.1, -0.05) is 18.2 Å². The van der Waals surface area contributed by atoms with E-state index < -0.39 is 5.97 Å². The number of aromatic nitrogens is 2. The number of para-hydroxylation sites is 1. The molecule has 1 aliphatic rings. The molecule has 0 spiro atoms. The van der Waals surface area contributed by atoms with Gasteiger partial charge < -0.3 is 20.3 Å². The molecule has 132 valence electrons. The van der Waals surface area contributed by atoms with Crippen LogP contribution >= 0.6 is 0 Å². The van der Waals surface area contributed by atoms with E-state index in [2.05, 4.69) is 32.5 Å². The summed E-state index contributed by atoms with van der Waals surface area (Å²) in [6.45, 7) is 2.00. The molecule has 1 fully saturated rings. The number of esters is 1. The second kappa shape index (κ2) is 7.94. The van der Waals surface area contributed by atoms with Crippen LogP contribution in [0.4, 0.5) is 17.3 Å². The molecule has 25 heavy (non-hydrogen) atoms. The van der Waals surface area contributed by atoms with Gasteiger partial charge in [0.15, 0.2) is 5.82 Å². The van der Waals surface area contributed by atoms with Crippen molar-refractivity contribution in [3.8, 4) is 0 Å². The Morgan fingerprint density at radius 3 is 2.72 bits per heavy atom. The number of methoxy groups -OCH3 is 1. The summed E-state index contributed by atoms with van der Waals surface area (Å²) in [6.07, 6.45) is 3.60. The molecule has 7 heteroatoms. The van der Waals surface area contributed by atoms with Crippen molar-refractivity contribution >= 4 is 23.3 Å². The van der Waals surface area contributed by atoms with Crippen molar-refractivity contribution in [1.29, 1.82) is 0 Å². The van der Waals surface area contributed by atoms with Gasteiger partial charge in [0.1, 0.15) is 17.7 Å². The van der Waals surface area contributed by atoms with Crippen molar-refractivity contribution < 1.29 is 9.53 Å². The predicted molar refractivity (Wildman–Crippen MR) is 97.2 cm³/mol. The largest absolute Gasteiger partial charge is 0.465 e. The highest BCUT2D eigenvalue weighted by Crippen LogP contribution is 2.25. The predicted octanol–water partition coefficient (Wildman–Crippen LogP) is 2.51. The summed E-state index contributed by atoms with van der Waals surface area (Å²) >= 11 is 0. The third-order valence-electron chi connectivity index (χ3n) is 4.24. The number of benzene rings is 1. The minimum absolute atomic E-state index is 0.238. The SMILES string of the molecule is COC(=O)c1c(Nc2ccccc2)ncnc1NC1CCCN(C)C1. The van der Waals surface area contributed by atoms with Crippen LogP contribution in [-0.4, -0.2) is 54.1 Å². The van der Waals surface area contributed by atoms with Crippen LogP contribution in [0.5, 0.6) is 0 Å². The third-order valence-corrected chi connectivity index (χ3v) is 4.24. The first-order valence-electron chi connectivity index (χ1n) is 8.38. The quantitative estimate of drug-likeness (QED) is 0.809. The fourth-order valence-electron chi connectivity index (χ4n) is 3.02. The van der Waals surface area contributed by atoms with Crippen LogP contribution in [0.1, 0.15) is 23.2 Å². The first-order chi connectivity index (χ1) is 12.2. The van der Waals surface area contributed by atoms with Gasteiger partial charge in [0.05, 0.1) is 7.11 Å². The van der Waals surface area contributed by atoms with E-state index in [4.69, 9.17) is 4.74 Å². The lowest BCUT2D eigenvalue weighted by atomic mass is 10.1. The number of nitrogens with one attached hydrogen (secondary N) is 2. The lowest BCUT2D eigenvalue weighted by molar-refractivity contribution is 0.0602. The summed E-state index contributed by atoms with van der Waals surface area (Å²) in [5, 5.41) is 6.56. The van der Waals surface area contributed by atoms with Crippen LogP contribution in [-0.2, 0) is 4.74 Å². The molecule has 1 aliphatic heterocycles. The number of anilines is 3. The highest BCUT2D eigenvalue weighted by molar-refractivity contribution is 6.00. The minimum Gasteiger partial charge on any atom is -0.465 e. The lowest BCUT2D eigenvalue weighted by Crippen LogP contribution is -2.40. The topological polar surface area (TPSA) is 79.4 Å². The number of likely N-dealkylation sites (tertiary alicyclic amines) is 1. The Labute approximate surface area is 147 Å². The number of rotatable bonds is 5. The molecule has 0 aliphatic carbocycles. The number of carbonyl (C=O) groups is 1. The zero-order valence-electron chi connectivity index (χ0n) is 14.5. The fourth-order valence-corrected chi connectivity index (χ4v) is 3.02. The van der Waals surface area contributed by atoms with Crippen molar-refractivity contribution in [2.45, 2.75) is 18.9 Å². The molecule has 2 aromatic rings. The molecule has 1 aromatic heterocycles. The van der Waals surface area contributed by atoms with Gasteiger partial charge in [0, 0.05) is 18.3 Å². The average Bonchev–Trinajstić information content (AvgIpc) is 2.62. The molecule has 3 rings (SSSR count). The van der Waals surface area contributed by atoms with Gasteiger partial charge in [0.25, 0.3) is 0 Å². The van der Waals surface area contributed by atoms with Gasteiger partial charge in [-0.3, -0.25) is 0 Å². The zero-order valence-corrected chi connectivity index (χ0v) is 14.5. The molecular formula is C18H23N5O2. The van der Waals surface area contributed by atoms with Crippen LogP contribution in [0.15, 0.2) is 36.7 Å². The number of likely N-dealkylation sites (N-methyl/N-ethyl adjacent to an activating group) is 1. The van der Waals surface area contributed by atoms with E-state index in [-0.39, 0.29) is 6.04 Å². The summed E-state index contributed by atoms with van der Waals surface area (Å²) in [7, 11) is 3.46. The number of nitrogens with zero attached hydrogens (tertiary/aromatic N) is 3. The maximum absolute atomic E-state index is 12.4. The summed E-state index contributed by atoms with van der Waals surface area (Å²) in [5.74, 6) is 0.464. The summed E-state index contributed by atoms with van der Waals surface area (Å²) < 4.78 is 4.96. The van der Waals surface area contributed by atoms with E-state index in [1.165, 1.54) is 13.4 Å². The van der Waals surface area contributed by atoms with Crippen LogP contribution in [0, 0.1) is 0 Å². The molecule has 1 saturated heterocycles. The Kier molecular flexibility index (Phi) is 5.45. The van der Waals surface area contributed by atoms with E-state index in [1.54, 1.807) is 0 Å². The summed E-state index contributed by atoms with van der Waals surface area (Å²) in [4.78, 5) is 23.2. The van der Waals surface area contributed by atoms with Gasteiger partial charge >= 0.3 is 5.97 Å². The van der Waals surface area contributed by atoms with Crippen molar-refractivity contribution in [3.05, 3.63) is 42.2 Å². The third kappa shape index (κ3) is 4.24. The van der Waals surface area contributed by atoms with E-state index in [0.717, 1.165) is 31.6 Å². The molecule has 1 atom stereocenters. The zero-order chi connectivity index (χ0) is 17.6. The van der Waals surface area contributed by atoms with Crippen molar-refractivity contribution in [2.24, 2.45) is 0 Å². The Hall–Kier alpha value is -2.67. The van der Waals surface area contributed by atoms with Crippen LogP contribution < -0.4 is 10.6 Å². The number of hydrogen-bond acceptors (Lipinski definition) is 7. The molecule has 2 N–H and O–H groups in total. The maximum Gasteiger partial charge on any atom is 0.345 e. The number of ether oxygens (including phenoxy) is 1. The summed E-state index contributed by atoms with van der Waals surface area (Å²) in [5.41, 5.74) is 1.16. The second-order valence-electron chi connectivity index (χ2n) is 6.17. The Morgan fingerprint density at radius 2 is 2.00 bits per heavy atom. The molecule has 0 radical (unpaired) electrons. The highest BCUT2D eigenvalue weighted by atomic mass is 16.5. The Balaban J connectivity index is 1.89. The van der Waals surface area contributed by atoms with Crippen molar-refractivity contribution in [3.63, 3.8) is 0 Å². The van der Waals surface area contributed by atoms with E-state index in [1.807, 2.05) is 30.3 Å². The highest BCUT2D eigenvalue weighted by Gasteiger charge is 2.24. The standard InChI is InChI=1S/C18H23N5O2/c1-23-10-6-9-14(11-23)22-17-15(18(24)25-2)16(19-12-20-17)21-13-7-4-3-5-8-13/h3-5,7-8,12,14H,6,9-11H2,1-2H3,(H2,19,20,21,22). The van der Waals surface area contributed by atoms with E-state index in [0.29, 0.717) is 17.2 Å². The monoisotopic (exact) mass is 341 g/mol. The van der Waals surface area contributed by atoms with E-state index in [9.17, 15) is 4.79 Å². The second-order valence-corrected chi connectivity index (χ2v) is 6.17.